The zero-order valence-electron chi connectivity index (χ0n) is 8.83. The first kappa shape index (κ1) is 10.8. The zero-order chi connectivity index (χ0) is 10.4. The molecule has 0 unspecified atom stereocenters. The summed E-state index contributed by atoms with van der Waals surface area (Å²) in [4.78, 5) is 4.23. The second-order valence-electron chi connectivity index (χ2n) is 2.77. The summed E-state index contributed by atoms with van der Waals surface area (Å²) < 4.78 is 10.4. The normalized spacial score (nSPS) is 9.93. The van der Waals surface area contributed by atoms with Gasteiger partial charge in [0.1, 0.15) is 0 Å². The van der Waals surface area contributed by atoms with Crippen LogP contribution in [0.3, 0.4) is 0 Å². The van der Waals surface area contributed by atoms with Gasteiger partial charge in [-0.2, -0.15) is 0 Å². The van der Waals surface area contributed by atoms with Gasteiger partial charge in [0.05, 0.1) is 19.9 Å². The van der Waals surface area contributed by atoms with E-state index in [-0.39, 0.29) is 0 Å². The lowest BCUT2D eigenvalue weighted by atomic mass is 10.3. The molecule has 0 saturated carbocycles. The molecule has 0 amide bonds. The Kier molecular flexibility index (Phi) is 4.19. The predicted molar refractivity (Wildman–Crippen MR) is 54.7 cm³/mol. The largest absolute Gasteiger partial charge is 0.493 e. The van der Waals surface area contributed by atoms with E-state index in [0.717, 1.165) is 18.0 Å². The first-order valence-corrected chi connectivity index (χ1v) is 4.60. The van der Waals surface area contributed by atoms with Crippen LogP contribution in [-0.2, 0) is 6.54 Å². The van der Waals surface area contributed by atoms with Gasteiger partial charge in [-0.05, 0) is 6.54 Å². The molecule has 1 heterocycles. The molecular weight excluding hydrogens is 180 g/mol. The smallest absolute Gasteiger partial charge is 0.183 e. The van der Waals surface area contributed by atoms with Crippen molar-refractivity contribution in [3.05, 3.63) is 18.0 Å². The van der Waals surface area contributed by atoms with Gasteiger partial charge in [-0.3, -0.25) is 4.98 Å². The molecule has 0 radical (unpaired) electrons. The first-order chi connectivity index (χ1) is 6.83. The molecular formula is C10H16N2O2. The number of hydrogen-bond donors (Lipinski definition) is 1. The molecule has 0 saturated heterocycles. The fourth-order valence-electron chi connectivity index (χ4n) is 1.22. The van der Waals surface area contributed by atoms with Crippen LogP contribution in [0.4, 0.5) is 0 Å². The van der Waals surface area contributed by atoms with Crippen LogP contribution < -0.4 is 14.8 Å². The minimum atomic E-state index is 0.691. The van der Waals surface area contributed by atoms with E-state index in [1.165, 1.54) is 0 Å². The number of nitrogens with zero attached hydrogens (tertiary/aromatic N) is 1. The minimum absolute atomic E-state index is 0.691. The number of methoxy groups -OCH3 is 2. The average molecular weight is 196 g/mol. The molecule has 0 fully saturated rings. The Balaban J connectivity index is 2.90. The summed E-state index contributed by atoms with van der Waals surface area (Å²) in [5.74, 6) is 1.42. The second-order valence-corrected chi connectivity index (χ2v) is 2.77. The molecule has 1 aromatic heterocycles. The van der Waals surface area contributed by atoms with E-state index in [4.69, 9.17) is 9.47 Å². The molecule has 0 atom stereocenters. The molecule has 0 aliphatic heterocycles. The Morgan fingerprint density at radius 3 is 2.71 bits per heavy atom. The number of hydrogen-bond acceptors (Lipinski definition) is 4. The number of ether oxygens (including phenoxy) is 2. The van der Waals surface area contributed by atoms with Crippen molar-refractivity contribution in [2.75, 3.05) is 20.8 Å². The molecule has 0 spiro atoms. The molecule has 14 heavy (non-hydrogen) atoms. The van der Waals surface area contributed by atoms with Gasteiger partial charge in [-0.25, -0.2) is 0 Å². The molecule has 0 bridgehead atoms. The van der Waals surface area contributed by atoms with Crippen LogP contribution >= 0.6 is 0 Å². The Hall–Kier alpha value is -1.29. The first-order valence-electron chi connectivity index (χ1n) is 4.60. The van der Waals surface area contributed by atoms with Crippen LogP contribution in [-0.4, -0.2) is 25.7 Å². The molecule has 1 N–H and O–H groups in total. The third-order valence-corrected chi connectivity index (χ3v) is 1.91. The Morgan fingerprint density at radius 1 is 1.36 bits per heavy atom. The lowest BCUT2D eigenvalue weighted by Gasteiger charge is -2.11. The van der Waals surface area contributed by atoms with E-state index in [2.05, 4.69) is 10.3 Å². The molecule has 4 heteroatoms. The van der Waals surface area contributed by atoms with Crippen LogP contribution in [0.25, 0.3) is 0 Å². The Labute approximate surface area is 84.3 Å². The molecule has 0 aromatic carbocycles. The van der Waals surface area contributed by atoms with Crippen molar-refractivity contribution in [3.8, 4) is 11.5 Å². The standard InChI is InChI=1S/C10H16N2O2/c1-4-11-7-8-10(14-3)9(13-2)5-6-12-8/h5-6,11H,4,7H2,1-3H3. The molecule has 0 aliphatic carbocycles. The van der Waals surface area contributed by atoms with Crippen molar-refractivity contribution >= 4 is 0 Å². The molecule has 1 rings (SSSR count). The van der Waals surface area contributed by atoms with Gasteiger partial charge < -0.3 is 14.8 Å². The van der Waals surface area contributed by atoms with Gasteiger partial charge in [-0.15, -0.1) is 0 Å². The molecule has 4 nitrogen and oxygen atoms in total. The Morgan fingerprint density at radius 2 is 2.14 bits per heavy atom. The van der Waals surface area contributed by atoms with Crippen molar-refractivity contribution in [2.45, 2.75) is 13.5 Å². The highest BCUT2D eigenvalue weighted by Gasteiger charge is 2.09. The van der Waals surface area contributed by atoms with Gasteiger partial charge in [-0.1, -0.05) is 6.92 Å². The van der Waals surface area contributed by atoms with Crippen LogP contribution in [0.2, 0.25) is 0 Å². The van der Waals surface area contributed by atoms with E-state index < -0.39 is 0 Å². The molecule has 0 aliphatic rings. The quantitative estimate of drug-likeness (QED) is 0.768. The summed E-state index contributed by atoms with van der Waals surface area (Å²) >= 11 is 0. The third kappa shape index (κ3) is 2.35. The van der Waals surface area contributed by atoms with Crippen molar-refractivity contribution in [2.24, 2.45) is 0 Å². The number of nitrogens with one attached hydrogen (secondary N) is 1. The van der Waals surface area contributed by atoms with Gasteiger partial charge in [0.2, 0.25) is 0 Å². The highest BCUT2D eigenvalue weighted by Crippen LogP contribution is 2.28. The van der Waals surface area contributed by atoms with Gasteiger partial charge in [0, 0.05) is 18.8 Å². The minimum Gasteiger partial charge on any atom is -0.493 e. The van der Waals surface area contributed by atoms with E-state index in [0.29, 0.717) is 12.3 Å². The molecule has 78 valence electrons. The van der Waals surface area contributed by atoms with Crippen molar-refractivity contribution in [3.63, 3.8) is 0 Å². The third-order valence-electron chi connectivity index (χ3n) is 1.91. The maximum Gasteiger partial charge on any atom is 0.183 e. The maximum absolute atomic E-state index is 5.24. The summed E-state index contributed by atoms with van der Waals surface area (Å²) in [6.07, 6.45) is 1.72. The number of rotatable bonds is 5. The summed E-state index contributed by atoms with van der Waals surface area (Å²) in [5, 5.41) is 3.19. The summed E-state index contributed by atoms with van der Waals surface area (Å²) in [5.41, 5.74) is 0.869. The van der Waals surface area contributed by atoms with Crippen molar-refractivity contribution < 1.29 is 9.47 Å². The lowest BCUT2D eigenvalue weighted by Crippen LogP contribution is -2.14. The fourth-order valence-corrected chi connectivity index (χ4v) is 1.22. The van der Waals surface area contributed by atoms with E-state index >= 15 is 0 Å². The second kappa shape index (κ2) is 5.44. The topological polar surface area (TPSA) is 43.4 Å². The van der Waals surface area contributed by atoms with Crippen LogP contribution in [0.1, 0.15) is 12.6 Å². The summed E-state index contributed by atoms with van der Waals surface area (Å²) in [6.45, 7) is 3.64. The van der Waals surface area contributed by atoms with Gasteiger partial charge >= 0.3 is 0 Å². The fraction of sp³-hybridized carbons (Fsp3) is 0.500. The van der Waals surface area contributed by atoms with Crippen molar-refractivity contribution in [1.29, 1.82) is 0 Å². The maximum atomic E-state index is 5.24. The average Bonchev–Trinajstić information content (AvgIpc) is 2.25. The van der Waals surface area contributed by atoms with Crippen LogP contribution in [0.5, 0.6) is 11.5 Å². The lowest BCUT2D eigenvalue weighted by molar-refractivity contribution is 0.348. The van der Waals surface area contributed by atoms with Crippen LogP contribution in [0.15, 0.2) is 12.3 Å². The molecule has 1 aromatic rings. The summed E-state index contributed by atoms with van der Waals surface area (Å²) in [7, 11) is 3.24. The van der Waals surface area contributed by atoms with Crippen molar-refractivity contribution in [1.82, 2.24) is 10.3 Å². The van der Waals surface area contributed by atoms with Gasteiger partial charge in [0.15, 0.2) is 11.5 Å². The predicted octanol–water partition coefficient (Wildman–Crippen LogP) is 1.21. The number of pyridine rings is 1. The number of aromatic nitrogens is 1. The highest BCUT2D eigenvalue weighted by atomic mass is 16.5. The van der Waals surface area contributed by atoms with E-state index in [1.807, 2.05) is 6.92 Å². The van der Waals surface area contributed by atoms with E-state index in [9.17, 15) is 0 Å². The van der Waals surface area contributed by atoms with E-state index in [1.54, 1.807) is 26.5 Å². The zero-order valence-corrected chi connectivity index (χ0v) is 8.83. The highest BCUT2D eigenvalue weighted by molar-refractivity contribution is 5.42. The van der Waals surface area contributed by atoms with Crippen LogP contribution in [0, 0.1) is 0 Å². The monoisotopic (exact) mass is 196 g/mol. The SMILES string of the molecule is CCNCc1nccc(OC)c1OC. The Bertz CT molecular complexity index is 289. The summed E-state index contributed by atoms with van der Waals surface area (Å²) in [6, 6.07) is 1.79. The van der Waals surface area contributed by atoms with Gasteiger partial charge in [0.25, 0.3) is 0 Å².